The van der Waals surface area contributed by atoms with Crippen LogP contribution in [0.15, 0.2) is 24.3 Å². The summed E-state index contributed by atoms with van der Waals surface area (Å²) in [5.74, 6) is 0.530. The third-order valence-corrected chi connectivity index (χ3v) is 1.77. The van der Waals surface area contributed by atoms with E-state index in [1.54, 1.807) is 12.1 Å². The van der Waals surface area contributed by atoms with Crippen molar-refractivity contribution >= 4 is 5.69 Å². The van der Waals surface area contributed by atoms with E-state index in [-0.39, 0.29) is 10.6 Å². The summed E-state index contributed by atoms with van der Waals surface area (Å²) in [6.45, 7) is 4.19. The topological polar surface area (TPSA) is 43.1 Å². The number of benzene rings is 1. The second kappa shape index (κ2) is 4.03. The molecule has 0 aromatic heterocycles. The Balaban J connectivity index is 2.85. The van der Waals surface area contributed by atoms with Gasteiger partial charge in [-0.3, -0.25) is 10.1 Å². The molecule has 0 heterocycles. The Hall–Kier alpha value is -1.38. The first kappa shape index (κ1) is 9.71. The number of nitro benzene ring substituents is 1. The van der Waals surface area contributed by atoms with E-state index in [1.807, 2.05) is 6.07 Å². The Morgan fingerprint density at radius 2 is 2.15 bits per heavy atom. The molecular formula is C10H13NO2. The largest absolute Gasteiger partial charge is 0.269 e. The standard InChI is InChI=1S/C10H13NO2/c1-8(2)6-9-4-3-5-10(7-9)11(12)13/h3-5,7-8H,6H2,1-2H3. The lowest BCUT2D eigenvalue weighted by molar-refractivity contribution is -0.384. The predicted molar refractivity (Wildman–Crippen MR) is 51.6 cm³/mol. The molecule has 3 heteroatoms. The average Bonchev–Trinajstić information content (AvgIpc) is 2.03. The van der Waals surface area contributed by atoms with E-state index in [1.165, 1.54) is 6.07 Å². The SMILES string of the molecule is CC(C)Cc1cccc([N+](=O)[O-])c1. The highest BCUT2D eigenvalue weighted by atomic mass is 16.6. The first-order valence-corrected chi connectivity index (χ1v) is 4.33. The zero-order valence-electron chi connectivity index (χ0n) is 7.86. The molecule has 3 nitrogen and oxygen atoms in total. The summed E-state index contributed by atoms with van der Waals surface area (Å²) in [5.41, 5.74) is 1.21. The molecule has 0 bridgehead atoms. The van der Waals surface area contributed by atoms with Crippen molar-refractivity contribution in [3.05, 3.63) is 39.9 Å². The van der Waals surface area contributed by atoms with Gasteiger partial charge in [0.25, 0.3) is 5.69 Å². The summed E-state index contributed by atoms with van der Waals surface area (Å²) in [6, 6.07) is 6.81. The van der Waals surface area contributed by atoms with Crippen molar-refractivity contribution in [3.8, 4) is 0 Å². The number of non-ortho nitro benzene ring substituents is 1. The van der Waals surface area contributed by atoms with Gasteiger partial charge < -0.3 is 0 Å². The highest BCUT2D eigenvalue weighted by Gasteiger charge is 2.05. The summed E-state index contributed by atoms with van der Waals surface area (Å²) in [4.78, 5) is 10.1. The molecule has 0 aliphatic heterocycles. The normalized spacial score (nSPS) is 10.4. The predicted octanol–water partition coefficient (Wildman–Crippen LogP) is 2.79. The average molecular weight is 179 g/mol. The van der Waals surface area contributed by atoms with Crippen LogP contribution >= 0.6 is 0 Å². The maximum atomic E-state index is 10.4. The minimum atomic E-state index is -0.357. The van der Waals surface area contributed by atoms with Crippen LogP contribution in [0.25, 0.3) is 0 Å². The van der Waals surface area contributed by atoms with Gasteiger partial charge >= 0.3 is 0 Å². The zero-order valence-corrected chi connectivity index (χ0v) is 7.86. The lowest BCUT2D eigenvalue weighted by Crippen LogP contribution is -1.95. The van der Waals surface area contributed by atoms with E-state index in [0.29, 0.717) is 5.92 Å². The van der Waals surface area contributed by atoms with Gasteiger partial charge in [0.1, 0.15) is 0 Å². The summed E-state index contributed by atoms with van der Waals surface area (Å²) in [5, 5.41) is 10.4. The lowest BCUT2D eigenvalue weighted by atomic mass is 10.0. The molecule has 0 amide bonds. The quantitative estimate of drug-likeness (QED) is 0.529. The van der Waals surface area contributed by atoms with Gasteiger partial charge in [0, 0.05) is 12.1 Å². The van der Waals surface area contributed by atoms with Gasteiger partial charge in [-0.1, -0.05) is 26.0 Å². The van der Waals surface area contributed by atoms with Gasteiger partial charge in [0.05, 0.1) is 4.92 Å². The number of hydrogen-bond acceptors (Lipinski definition) is 2. The first-order valence-electron chi connectivity index (χ1n) is 4.33. The van der Waals surface area contributed by atoms with E-state index in [9.17, 15) is 10.1 Å². The minimum absolute atomic E-state index is 0.179. The maximum Gasteiger partial charge on any atom is 0.269 e. The molecule has 0 saturated carbocycles. The van der Waals surface area contributed by atoms with Crippen LogP contribution in [-0.2, 0) is 6.42 Å². The van der Waals surface area contributed by atoms with Crippen molar-refractivity contribution < 1.29 is 4.92 Å². The van der Waals surface area contributed by atoms with Crippen LogP contribution in [-0.4, -0.2) is 4.92 Å². The fraction of sp³-hybridized carbons (Fsp3) is 0.400. The second-order valence-corrected chi connectivity index (χ2v) is 3.52. The number of hydrogen-bond donors (Lipinski definition) is 0. The summed E-state index contributed by atoms with van der Waals surface area (Å²) >= 11 is 0. The fourth-order valence-electron chi connectivity index (χ4n) is 1.27. The van der Waals surface area contributed by atoms with Crippen LogP contribution in [0.2, 0.25) is 0 Å². The highest BCUT2D eigenvalue weighted by molar-refractivity contribution is 5.34. The minimum Gasteiger partial charge on any atom is -0.258 e. The molecule has 0 spiro atoms. The van der Waals surface area contributed by atoms with Gasteiger partial charge in [-0.25, -0.2) is 0 Å². The maximum absolute atomic E-state index is 10.4. The molecule has 0 aliphatic rings. The Kier molecular flexibility index (Phi) is 3.01. The van der Waals surface area contributed by atoms with Crippen LogP contribution in [0.3, 0.4) is 0 Å². The Bertz CT molecular complexity index is 308. The van der Waals surface area contributed by atoms with E-state index < -0.39 is 0 Å². The van der Waals surface area contributed by atoms with Crippen molar-refractivity contribution in [2.75, 3.05) is 0 Å². The van der Waals surface area contributed by atoms with Crippen LogP contribution in [0, 0.1) is 16.0 Å². The monoisotopic (exact) mass is 179 g/mol. The Labute approximate surface area is 77.5 Å². The molecule has 0 unspecified atom stereocenters. The molecule has 1 aromatic carbocycles. The first-order chi connectivity index (χ1) is 6.09. The molecule has 1 aromatic rings. The van der Waals surface area contributed by atoms with Crippen LogP contribution in [0.1, 0.15) is 19.4 Å². The molecular weight excluding hydrogens is 166 g/mol. The molecule has 1 rings (SSSR count). The van der Waals surface area contributed by atoms with E-state index in [2.05, 4.69) is 13.8 Å². The van der Waals surface area contributed by atoms with E-state index in [4.69, 9.17) is 0 Å². The van der Waals surface area contributed by atoms with Crippen molar-refractivity contribution in [2.45, 2.75) is 20.3 Å². The molecule has 0 N–H and O–H groups in total. The van der Waals surface area contributed by atoms with Crippen LogP contribution < -0.4 is 0 Å². The second-order valence-electron chi connectivity index (χ2n) is 3.52. The highest BCUT2D eigenvalue weighted by Crippen LogP contribution is 2.15. The molecule has 0 aliphatic carbocycles. The van der Waals surface area contributed by atoms with Crippen molar-refractivity contribution in [1.82, 2.24) is 0 Å². The third kappa shape index (κ3) is 2.86. The van der Waals surface area contributed by atoms with Gasteiger partial charge in [-0.05, 0) is 17.9 Å². The van der Waals surface area contributed by atoms with Gasteiger partial charge in [0.2, 0.25) is 0 Å². The molecule has 13 heavy (non-hydrogen) atoms. The Morgan fingerprint density at radius 1 is 1.46 bits per heavy atom. The molecule has 0 fully saturated rings. The smallest absolute Gasteiger partial charge is 0.258 e. The van der Waals surface area contributed by atoms with Crippen molar-refractivity contribution in [2.24, 2.45) is 5.92 Å². The molecule has 0 radical (unpaired) electrons. The lowest BCUT2D eigenvalue weighted by Gasteiger charge is -2.03. The van der Waals surface area contributed by atoms with Gasteiger partial charge in [0.15, 0.2) is 0 Å². The van der Waals surface area contributed by atoms with Gasteiger partial charge in [-0.15, -0.1) is 0 Å². The summed E-state index contributed by atoms with van der Waals surface area (Å²) in [6.07, 6.45) is 0.891. The Morgan fingerprint density at radius 3 is 2.69 bits per heavy atom. The van der Waals surface area contributed by atoms with Crippen LogP contribution in [0.5, 0.6) is 0 Å². The summed E-state index contributed by atoms with van der Waals surface area (Å²) in [7, 11) is 0. The third-order valence-electron chi connectivity index (χ3n) is 1.77. The number of rotatable bonds is 3. The van der Waals surface area contributed by atoms with Gasteiger partial charge in [-0.2, -0.15) is 0 Å². The molecule has 0 atom stereocenters. The fourth-order valence-corrected chi connectivity index (χ4v) is 1.27. The van der Waals surface area contributed by atoms with Crippen molar-refractivity contribution in [3.63, 3.8) is 0 Å². The molecule has 0 saturated heterocycles. The number of nitro groups is 1. The molecule has 70 valence electrons. The zero-order chi connectivity index (χ0) is 9.84. The van der Waals surface area contributed by atoms with E-state index >= 15 is 0 Å². The van der Waals surface area contributed by atoms with E-state index in [0.717, 1.165) is 12.0 Å². The summed E-state index contributed by atoms with van der Waals surface area (Å²) < 4.78 is 0. The number of nitrogens with zero attached hydrogens (tertiary/aromatic N) is 1. The van der Waals surface area contributed by atoms with Crippen LogP contribution in [0.4, 0.5) is 5.69 Å². The van der Waals surface area contributed by atoms with Crippen molar-refractivity contribution in [1.29, 1.82) is 0 Å².